The summed E-state index contributed by atoms with van der Waals surface area (Å²) < 4.78 is 10.5. The van der Waals surface area contributed by atoms with Gasteiger partial charge in [0.05, 0.1) is 25.6 Å². The lowest BCUT2D eigenvalue weighted by molar-refractivity contribution is 0.262. The first-order valence-corrected chi connectivity index (χ1v) is 9.28. The smallest absolute Gasteiger partial charge is 0.325 e. The van der Waals surface area contributed by atoms with E-state index in [1.165, 1.54) is 18.4 Å². The molecule has 2 aromatic carbocycles. The van der Waals surface area contributed by atoms with Crippen LogP contribution < -0.4 is 20.1 Å². The minimum absolute atomic E-state index is 0.428. The first-order chi connectivity index (χ1) is 13.0. The fraction of sp³-hybridized carbons (Fsp3) is 0.158. The molecular formula is C19H18ClN3O3S. The lowest BCUT2D eigenvalue weighted by Gasteiger charge is -2.10. The van der Waals surface area contributed by atoms with E-state index in [1.54, 1.807) is 25.3 Å². The summed E-state index contributed by atoms with van der Waals surface area (Å²) in [6.07, 6.45) is 0. The number of rotatable bonds is 5. The number of halogens is 1. The van der Waals surface area contributed by atoms with Crippen molar-refractivity contribution < 1.29 is 14.3 Å². The van der Waals surface area contributed by atoms with Crippen LogP contribution in [-0.2, 0) is 0 Å². The van der Waals surface area contributed by atoms with Crippen LogP contribution in [0.25, 0.3) is 11.3 Å². The van der Waals surface area contributed by atoms with Crippen molar-refractivity contribution in [3.63, 3.8) is 0 Å². The SMILES string of the molecule is COc1ccc(-c2csc(NC(=O)Nc3cc(Cl)ccc3OC)n2)cc1C. The van der Waals surface area contributed by atoms with Crippen molar-refractivity contribution in [3.05, 3.63) is 52.4 Å². The van der Waals surface area contributed by atoms with E-state index >= 15 is 0 Å². The van der Waals surface area contributed by atoms with E-state index < -0.39 is 6.03 Å². The van der Waals surface area contributed by atoms with Gasteiger partial charge in [0.1, 0.15) is 11.5 Å². The molecule has 0 saturated carbocycles. The second kappa shape index (κ2) is 8.28. The zero-order chi connectivity index (χ0) is 19.4. The van der Waals surface area contributed by atoms with Crippen molar-refractivity contribution in [2.24, 2.45) is 0 Å². The molecule has 0 atom stereocenters. The molecule has 3 rings (SSSR count). The summed E-state index contributed by atoms with van der Waals surface area (Å²) in [6.45, 7) is 1.97. The molecule has 2 amide bonds. The van der Waals surface area contributed by atoms with Crippen molar-refractivity contribution in [3.8, 4) is 22.8 Å². The molecule has 0 aliphatic rings. The molecule has 6 nitrogen and oxygen atoms in total. The van der Waals surface area contributed by atoms with Gasteiger partial charge in [-0.1, -0.05) is 11.6 Å². The van der Waals surface area contributed by atoms with Crippen molar-refractivity contribution >= 4 is 39.8 Å². The topological polar surface area (TPSA) is 72.5 Å². The van der Waals surface area contributed by atoms with E-state index in [0.717, 1.165) is 22.6 Å². The van der Waals surface area contributed by atoms with Crippen LogP contribution in [0, 0.1) is 6.92 Å². The molecule has 2 N–H and O–H groups in total. The number of thiazole rings is 1. The number of aryl methyl sites for hydroxylation is 1. The summed E-state index contributed by atoms with van der Waals surface area (Å²) >= 11 is 7.32. The molecule has 27 heavy (non-hydrogen) atoms. The Morgan fingerprint density at radius 2 is 1.81 bits per heavy atom. The summed E-state index contributed by atoms with van der Waals surface area (Å²) in [6, 6.07) is 10.4. The van der Waals surface area contributed by atoms with Gasteiger partial charge < -0.3 is 14.8 Å². The summed E-state index contributed by atoms with van der Waals surface area (Å²) in [5.41, 5.74) is 3.23. The molecule has 0 radical (unpaired) electrons. The quantitative estimate of drug-likeness (QED) is 0.595. The van der Waals surface area contributed by atoms with Crippen LogP contribution in [0.3, 0.4) is 0 Å². The van der Waals surface area contributed by atoms with Crippen molar-refractivity contribution in [2.45, 2.75) is 6.92 Å². The molecule has 0 aliphatic heterocycles. The van der Waals surface area contributed by atoms with Gasteiger partial charge in [-0.15, -0.1) is 11.3 Å². The Balaban J connectivity index is 1.71. The maximum atomic E-state index is 12.3. The van der Waals surface area contributed by atoms with Crippen LogP contribution in [-0.4, -0.2) is 25.2 Å². The van der Waals surface area contributed by atoms with Gasteiger partial charge in [0, 0.05) is 16.0 Å². The highest BCUT2D eigenvalue weighted by atomic mass is 35.5. The monoisotopic (exact) mass is 403 g/mol. The zero-order valence-corrected chi connectivity index (χ0v) is 16.6. The Kier molecular flexibility index (Phi) is 5.83. The number of carbonyl (C=O) groups is 1. The highest BCUT2D eigenvalue weighted by Gasteiger charge is 2.12. The number of nitrogens with one attached hydrogen (secondary N) is 2. The lowest BCUT2D eigenvalue weighted by Crippen LogP contribution is -2.19. The van der Waals surface area contributed by atoms with E-state index in [-0.39, 0.29) is 0 Å². The number of anilines is 2. The first kappa shape index (κ1) is 19.0. The van der Waals surface area contributed by atoms with Gasteiger partial charge in [0.15, 0.2) is 5.13 Å². The number of hydrogen-bond acceptors (Lipinski definition) is 5. The van der Waals surface area contributed by atoms with Crippen molar-refractivity contribution in [1.82, 2.24) is 4.98 Å². The van der Waals surface area contributed by atoms with Crippen LogP contribution in [0.4, 0.5) is 15.6 Å². The summed E-state index contributed by atoms with van der Waals surface area (Å²) in [5.74, 6) is 1.34. The maximum Gasteiger partial charge on any atom is 0.325 e. The molecule has 0 saturated heterocycles. The molecule has 0 unspecified atom stereocenters. The van der Waals surface area contributed by atoms with Crippen LogP contribution in [0.2, 0.25) is 5.02 Å². The maximum absolute atomic E-state index is 12.3. The number of nitrogens with zero attached hydrogens (tertiary/aromatic N) is 1. The second-order valence-electron chi connectivity index (χ2n) is 5.65. The number of methoxy groups -OCH3 is 2. The fourth-order valence-corrected chi connectivity index (χ4v) is 3.42. The Morgan fingerprint density at radius 3 is 2.52 bits per heavy atom. The Morgan fingerprint density at radius 1 is 1.07 bits per heavy atom. The third-order valence-corrected chi connectivity index (χ3v) is 4.82. The van der Waals surface area contributed by atoms with Gasteiger partial charge >= 0.3 is 6.03 Å². The molecule has 0 spiro atoms. The van der Waals surface area contributed by atoms with E-state index in [9.17, 15) is 4.79 Å². The van der Waals surface area contributed by atoms with Crippen molar-refractivity contribution in [1.29, 1.82) is 0 Å². The van der Waals surface area contributed by atoms with Crippen molar-refractivity contribution in [2.75, 3.05) is 24.9 Å². The molecule has 1 heterocycles. The van der Waals surface area contributed by atoms with E-state index in [2.05, 4.69) is 15.6 Å². The third-order valence-electron chi connectivity index (χ3n) is 3.82. The molecule has 0 aliphatic carbocycles. The molecule has 1 aromatic heterocycles. The average Bonchev–Trinajstić information content (AvgIpc) is 3.10. The molecule has 8 heteroatoms. The minimum Gasteiger partial charge on any atom is -0.496 e. The molecule has 140 valence electrons. The molecule has 0 bridgehead atoms. The highest BCUT2D eigenvalue weighted by Crippen LogP contribution is 2.30. The van der Waals surface area contributed by atoms with Crippen LogP contribution in [0.15, 0.2) is 41.8 Å². The zero-order valence-electron chi connectivity index (χ0n) is 15.0. The van der Waals surface area contributed by atoms with Crippen LogP contribution in [0.5, 0.6) is 11.5 Å². The molecule has 0 fully saturated rings. The second-order valence-corrected chi connectivity index (χ2v) is 6.94. The Bertz CT molecular complexity index is 975. The number of aromatic nitrogens is 1. The number of hydrogen-bond donors (Lipinski definition) is 2. The van der Waals surface area contributed by atoms with Gasteiger partial charge in [-0.2, -0.15) is 0 Å². The molecule has 3 aromatic rings. The largest absolute Gasteiger partial charge is 0.496 e. The summed E-state index contributed by atoms with van der Waals surface area (Å²) in [7, 11) is 3.16. The number of ether oxygens (including phenoxy) is 2. The molecular weight excluding hydrogens is 386 g/mol. The summed E-state index contributed by atoms with van der Waals surface area (Å²) in [5, 5.41) is 8.30. The van der Waals surface area contributed by atoms with Crippen LogP contribution >= 0.6 is 22.9 Å². The lowest BCUT2D eigenvalue weighted by atomic mass is 10.1. The minimum atomic E-state index is -0.428. The normalized spacial score (nSPS) is 10.4. The van der Waals surface area contributed by atoms with E-state index in [0.29, 0.717) is 21.6 Å². The Hall–Kier alpha value is -2.77. The standard InChI is InChI=1S/C19H18ClN3O3S/c1-11-8-12(4-6-16(11)25-2)15-10-27-19(22-15)23-18(24)21-14-9-13(20)5-7-17(14)26-3/h4-10H,1-3H3,(H2,21,22,23,24). The first-order valence-electron chi connectivity index (χ1n) is 8.02. The number of benzene rings is 2. The van der Waals surface area contributed by atoms with Gasteiger partial charge in [0.2, 0.25) is 0 Å². The predicted molar refractivity (Wildman–Crippen MR) is 109 cm³/mol. The average molecular weight is 404 g/mol. The highest BCUT2D eigenvalue weighted by molar-refractivity contribution is 7.14. The number of amides is 2. The number of urea groups is 1. The van der Waals surface area contributed by atoms with Gasteiger partial charge in [-0.25, -0.2) is 9.78 Å². The van der Waals surface area contributed by atoms with Crippen LogP contribution in [0.1, 0.15) is 5.56 Å². The number of carbonyl (C=O) groups excluding carboxylic acids is 1. The van der Waals surface area contributed by atoms with Gasteiger partial charge in [-0.05, 0) is 48.9 Å². The van der Waals surface area contributed by atoms with E-state index in [4.69, 9.17) is 21.1 Å². The summed E-state index contributed by atoms with van der Waals surface area (Å²) in [4.78, 5) is 16.7. The van der Waals surface area contributed by atoms with E-state index in [1.807, 2.05) is 30.5 Å². The fourth-order valence-electron chi connectivity index (χ4n) is 2.53. The van der Waals surface area contributed by atoms with Gasteiger partial charge in [-0.3, -0.25) is 5.32 Å². The third kappa shape index (κ3) is 4.50. The Labute approximate surface area is 166 Å². The van der Waals surface area contributed by atoms with Gasteiger partial charge in [0.25, 0.3) is 0 Å². The predicted octanol–water partition coefficient (Wildman–Crippen LogP) is 5.43.